The highest BCUT2D eigenvalue weighted by atomic mass is 32.2. The van der Waals surface area contributed by atoms with Crippen molar-refractivity contribution in [3.8, 4) is 0 Å². The fourth-order valence-electron chi connectivity index (χ4n) is 2.29. The van der Waals surface area contributed by atoms with Gasteiger partial charge in [-0.15, -0.1) is 0 Å². The van der Waals surface area contributed by atoms with Crippen LogP contribution >= 0.6 is 0 Å². The molecule has 0 amide bonds. The third kappa shape index (κ3) is 7.21. The van der Waals surface area contributed by atoms with Crippen molar-refractivity contribution in [1.29, 1.82) is 0 Å². The molecule has 3 nitrogen and oxygen atoms in total. The summed E-state index contributed by atoms with van der Waals surface area (Å²) in [6, 6.07) is 5.55. The lowest BCUT2D eigenvalue weighted by Gasteiger charge is -2.20. The Morgan fingerprint density at radius 2 is 1.54 bits per heavy atom. The van der Waals surface area contributed by atoms with E-state index in [-0.39, 0.29) is 17.7 Å². The zero-order chi connectivity index (χ0) is 18.2. The van der Waals surface area contributed by atoms with Crippen LogP contribution in [0.1, 0.15) is 57.4 Å². The molecule has 0 aliphatic heterocycles. The Balaban J connectivity index is 2.67. The van der Waals surface area contributed by atoms with E-state index >= 15 is 0 Å². The second-order valence-corrected chi connectivity index (χ2v) is 7.52. The number of hydrogen-bond donors (Lipinski definition) is 0. The molecule has 0 spiro atoms. The van der Waals surface area contributed by atoms with Gasteiger partial charge in [-0.3, -0.25) is 4.18 Å². The summed E-state index contributed by atoms with van der Waals surface area (Å²) in [5.74, 6) is 0. The number of benzene rings is 1. The number of alkyl halides is 3. The quantitative estimate of drug-likeness (QED) is 0.412. The molecule has 0 heterocycles. The lowest BCUT2D eigenvalue weighted by Crippen LogP contribution is -2.33. The summed E-state index contributed by atoms with van der Waals surface area (Å²) in [7, 11) is -4.43. The third-order valence-corrected chi connectivity index (χ3v) is 5.07. The Morgan fingerprint density at radius 1 is 1.00 bits per heavy atom. The Hall–Kier alpha value is -1.08. The van der Waals surface area contributed by atoms with Gasteiger partial charge < -0.3 is 0 Å². The number of hydrogen-bond acceptors (Lipinski definition) is 3. The molecule has 24 heavy (non-hydrogen) atoms. The summed E-state index contributed by atoms with van der Waals surface area (Å²) in [4.78, 5) is -0.259. The molecular formula is C17H25F3O3S. The highest BCUT2D eigenvalue weighted by Gasteiger charge is 2.43. The monoisotopic (exact) mass is 366 g/mol. The van der Waals surface area contributed by atoms with E-state index in [0.29, 0.717) is 6.42 Å². The second kappa shape index (κ2) is 9.42. The van der Waals surface area contributed by atoms with Gasteiger partial charge in [0.15, 0.2) is 6.10 Å². The van der Waals surface area contributed by atoms with E-state index in [1.54, 1.807) is 6.92 Å². The zero-order valence-electron chi connectivity index (χ0n) is 14.1. The van der Waals surface area contributed by atoms with Gasteiger partial charge in [0, 0.05) is 0 Å². The molecule has 1 aromatic rings. The lowest BCUT2D eigenvalue weighted by molar-refractivity contribution is -0.195. The van der Waals surface area contributed by atoms with Crippen LogP contribution in [-0.2, 0) is 14.3 Å². The Morgan fingerprint density at radius 3 is 2.08 bits per heavy atom. The third-order valence-electron chi connectivity index (χ3n) is 3.74. The number of rotatable bonds is 10. The molecule has 0 aliphatic carbocycles. The Bertz CT molecular complexity index is 580. The molecule has 1 atom stereocenters. The van der Waals surface area contributed by atoms with Gasteiger partial charge in [0.2, 0.25) is 0 Å². The first-order valence-electron chi connectivity index (χ1n) is 8.23. The van der Waals surface area contributed by atoms with Crippen LogP contribution in [0.3, 0.4) is 0 Å². The van der Waals surface area contributed by atoms with Crippen LogP contribution in [0, 0.1) is 6.92 Å². The van der Waals surface area contributed by atoms with Crippen LogP contribution in [0.5, 0.6) is 0 Å². The van der Waals surface area contributed by atoms with Crippen molar-refractivity contribution in [2.75, 3.05) is 0 Å². The predicted octanol–water partition coefficient (Wildman–Crippen LogP) is 5.38. The maximum Gasteiger partial charge on any atom is 0.416 e. The smallest absolute Gasteiger partial charge is 0.253 e. The van der Waals surface area contributed by atoms with Crippen molar-refractivity contribution in [1.82, 2.24) is 0 Å². The van der Waals surface area contributed by atoms with E-state index in [4.69, 9.17) is 0 Å². The van der Waals surface area contributed by atoms with Crippen LogP contribution in [0.15, 0.2) is 29.2 Å². The van der Waals surface area contributed by atoms with E-state index in [0.717, 1.165) is 31.2 Å². The van der Waals surface area contributed by atoms with Crippen LogP contribution in [-0.4, -0.2) is 20.7 Å². The van der Waals surface area contributed by atoms with Crippen molar-refractivity contribution in [2.45, 2.75) is 76.0 Å². The minimum Gasteiger partial charge on any atom is -0.253 e. The van der Waals surface area contributed by atoms with Gasteiger partial charge in [-0.05, 0) is 25.5 Å². The minimum atomic E-state index is -4.71. The second-order valence-electron chi connectivity index (χ2n) is 5.95. The van der Waals surface area contributed by atoms with Crippen LogP contribution < -0.4 is 0 Å². The van der Waals surface area contributed by atoms with Crippen LogP contribution in [0.2, 0.25) is 0 Å². The van der Waals surface area contributed by atoms with Gasteiger partial charge in [0.25, 0.3) is 10.1 Å². The SMILES string of the molecule is CCCCCCCCC(OS(=O)(=O)c1ccc(C)cc1)C(F)(F)F. The first-order chi connectivity index (χ1) is 11.2. The average molecular weight is 366 g/mol. The average Bonchev–Trinajstić information content (AvgIpc) is 2.49. The fraction of sp³-hybridized carbons (Fsp3) is 0.647. The van der Waals surface area contributed by atoms with Gasteiger partial charge in [0.05, 0.1) is 4.90 Å². The molecule has 0 saturated carbocycles. The van der Waals surface area contributed by atoms with Gasteiger partial charge >= 0.3 is 6.18 Å². The van der Waals surface area contributed by atoms with Crippen molar-refractivity contribution < 1.29 is 25.8 Å². The first kappa shape index (κ1) is 21.0. The van der Waals surface area contributed by atoms with E-state index in [1.165, 1.54) is 24.3 Å². The van der Waals surface area contributed by atoms with Crippen molar-refractivity contribution in [3.63, 3.8) is 0 Å². The van der Waals surface area contributed by atoms with E-state index in [2.05, 4.69) is 11.1 Å². The van der Waals surface area contributed by atoms with E-state index in [9.17, 15) is 21.6 Å². The van der Waals surface area contributed by atoms with Gasteiger partial charge in [-0.25, -0.2) is 0 Å². The summed E-state index contributed by atoms with van der Waals surface area (Å²) in [6.45, 7) is 3.82. The lowest BCUT2D eigenvalue weighted by atomic mass is 10.1. The maximum absolute atomic E-state index is 13.1. The van der Waals surface area contributed by atoms with E-state index in [1.807, 2.05) is 0 Å². The van der Waals surface area contributed by atoms with Gasteiger partial charge in [-0.2, -0.15) is 21.6 Å². The molecule has 0 radical (unpaired) electrons. The topological polar surface area (TPSA) is 43.4 Å². The molecule has 0 aromatic heterocycles. The van der Waals surface area contributed by atoms with Crippen molar-refractivity contribution >= 4 is 10.1 Å². The Kier molecular flexibility index (Phi) is 8.22. The minimum absolute atomic E-state index is 0.259. The van der Waals surface area contributed by atoms with Gasteiger partial charge in [0.1, 0.15) is 0 Å². The number of halogens is 3. The molecule has 0 bridgehead atoms. The van der Waals surface area contributed by atoms with Crippen molar-refractivity contribution in [2.24, 2.45) is 0 Å². The first-order valence-corrected chi connectivity index (χ1v) is 9.64. The molecule has 1 rings (SSSR count). The van der Waals surface area contributed by atoms with Crippen LogP contribution in [0.25, 0.3) is 0 Å². The summed E-state index contributed by atoms with van der Waals surface area (Å²) in [5.41, 5.74) is 0.813. The predicted molar refractivity (Wildman–Crippen MR) is 87.3 cm³/mol. The largest absolute Gasteiger partial charge is 0.416 e. The Labute approximate surface area is 142 Å². The normalized spacial score (nSPS) is 13.9. The summed E-state index contributed by atoms with van der Waals surface area (Å²) >= 11 is 0. The molecule has 138 valence electrons. The highest BCUT2D eigenvalue weighted by Crippen LogP contribution is 2.30. The molecule has 1 unspecified atom stereocenters. The summed E-state index contributed by atoms with van der Waals surface area (Å²) in [5, 5.41) is 0. The molecule has 0 fully saturated rings. The maximum atomic E-state index is 13.1. The molecule has 0 N–H and O–H groups in total. The fourth-order valence-corrected chi connectivity index (χ4v) is 3.38. The summed E-state index contributed by atoms with van der Waals surface area (Å²) in [6.07, 6.45) is -2.47. The molecular weight excluding hydrogens is 341 g/mol. The standard InChI is InChI=1S/C17H25F3O3S/c1-3-4-5-6-7-8-9-16(17(18,19)20)23-24(21,22)15-12-10-14(2)11-13-15/h10-13,16H,3-9H2,1-2H3. The van der Waals surface area contributed by atoms with Crippen LogP contribution in [0.4, 0.5) is 13.2 Å². The zero-order valence-corrected chi connectivity index (χ0v) is 14.9. The molecule has 0 aliphatic rings. The molecule has 1 aromatic carbocycles. The molecule has 0 saturated heterocycles. The molecule has 7 heteroatoms. The van der Waals surface area contributed by atoms with E-state index < -0.39 is 22.4 Å². The number of unbranched alkanes of at least 4 members (excludes halogenated alkanes) is 5. The highest BCUT2D eigenvalue weighted by molar-refractivity contribution is 7.86. The van der Waals surface area contributed by atoms with Crippen molar-refractivity contribution in [3.05, 3.63) is 29.8 Å². The van der Waals surface area contributed by atoms with Gasteiger partial charge in [-0.1, -0.05) is 63.1 Å². The number of aryl methyl sites for hydroxylation is 1. The summed E-state index contributed by atoms with van der Waals surface area (Å²) < 4.78 is 67.8.